The summed E-state index contributed by atoms with van der Waals surface area (Å²) in [6, 6.07) is 2.27. The van der Waals surface area contributed by atoms with Gasteiger partial charge in [-0.15, -0.1) is 0 Å². The van der Waals surface area contributed by atoms with E-state index in [0.29, 0.717) is 11.8 Å². The van der Waals surface area contributed by atoms with Gasteiger partial charge in [0.25, 0.3) is 0 Å². The summed E-state index contributed by atoms with van der Waals surface area (Å²) in [6.45, 7) is 6.65. The smallest absolute Gasteiger partial charge is 0.140 e. The third kappa shape index (κ3) is 3.72. The minimum Gasteiger partial charge on any atom is -0.495 e. The van der Waals surface area contributed by atoms with Crippen molar-refractivity contribution in [2.45, 2.75) is 39.0 Å². The van der Waals surface area contributed by atoms with Crippen LogP contribution in [0.1, 0.15) is 43.7 Å². The zero-order valence-corrected chi connectivity index (χ0v) is 15.0. The van der Waals surface area contributed by atoms with Gasteiger partial charge in [-0.25, -0.2) is 0 Å². The van der Waals surface area contributed by atoms with E-state index in [1.54, 1.807) is 14.2 Å². The van der Waals surface area contributed by atoms with E-state index in [9.17, 15) is 0 Å². The molecular formula is C17H26BrNO2. The van der Waals surface area contributed by atoms with E-state index in [4.69, 9.17) is 9.47 Å². The summed E-state index contributed by atoms with van der Waals surface area (Å²) in [5.41, 5.74) is 2.52. The average Bonchev–Trinajstić information content (AvgIpc) is 2.48. The van der Waals surface area contributed by atoms with Gasteiger partial charge in [0.15, 0.2) is 0 Å². The van der Waals surface area contributed by atoms with Gasteiger partial charge in [0, 0.05) is 0 Å². The summed E-state index contributed by atoms with van der Waals surface area (Å²) in [4.78, 5) is 0. The number of hydrogen-bond acceptors (Lipinski definition) is 3. The number of methoxy groups -OCH3 is 2. The number of benzene rings is 1. The van der Waals surface area contributed by atoms with Crippen LogP contribution in [-0.2, 0) is 6.42 Å². The Kier molecular flexibility index (Phi) is 5.94. The van der Waals surface area contributed by atoms with Gasteiger partial charge in [0.2, 0.25) is 0 Å². The van der Waals surface area contributed by atoms with Crippen LogP contribution < -0.4 is 14.8 Å². The minimum absolute atomic E-state index is 0.422. The molecule has 2 rings (SSSR count). The van der Waals surface area contributed by atoms with Gasteiger partial charge in [-0.05, 0) is 77.3 Å². The summed E-state index contributed by atoms with van der Waals surface area (Å²) in [5.74, 6) is 2.92. The Bertz CT molecular complexity index is 482. The fraction of sp³-hybridized carbons (Fsp3) is 0.647. The van der Waals surface area contributed by atoms with E-state index in [2.05, 4.69) is 41.2 Å². The Balaban J connectivity index is 2.38. The van der Waals surface area contributed by atoms with Crippen LogP contribution in [0.4, 0.5) is 0 Å². The highest BCUT2D eigenvalue weighted by molar-refractivity contribution is 9.10. The summed E-state index contributed by atoms with van der Waals surface area (Å²) < 4.78 is 12.2. The molecule has 0 amide bonds. The normalized spacial score (nSPS) is 18.9. The van der Waals surface area contributed by atoms with Crippen molar-refractivity contribution in [3.05, 3.63) is 21.7 Å². The molecule has 1 aliphatic rings. The molecule has 1 atom stereocenters. The Morgan fingerprint density at radius 1 is 1.29 bits per heavy atom. The van der Waals surface area contributed by atoms with Crippen molar-refractivity contribution < 1.29 is 9.47 Å². The van der Waals surface area contributed by atoms with Gasteiger partial charge in [0.05, 0.1) is 14.2 Å². The summed E-state index contributed by atoms with van der Waals surface area (Å²) >= 11 is 3.67. The van der Waals surface area contributed by atoms with Crippen LogP contribution in [-0.4, -0.2) is 27.3 Å². The number of halogens is 1. The minimum atomic E-state index is 0.422. The standard InChI is InChI=1S/C17H26BrNO2/c1-11(2)14-9-13(8-12-6-5-7-19-10-12)16(20-3)15(18)17(14)21-4/h9,11-12,19H,5-8,10H2,1-4H3. The maximum atomic E-state index is 5.65. The van der Waals surface area contributed by atoms with Gasteiger partial charge in [-0.3, -0.25) is 0 Å². The predicted molar refractivity (Wildman–Crippen MR) is 90.6 cm³/mol. The van der Waals surface area contributed by atoms with Crippen molar-refractivity contribution in [1.29, 1.82) is 0 Å². The van der Waals surface area contributed by atoms with Crippen molar-refractivity contribution in [1.82, 2.24) is 5.32 Å². The van der Waals surface area contributed by atoms with Crippen LogP contribution in [0.15, 0.2) is 10.5 Å². The fourth-order valence-corrected chi connectivity index (χ4v) is 3.91. The van der Waals surface area contributed by atoms with Gasteiger partial charge in [-0.1, -0.05) is 13.8 Å². The van der Waals surface area contributed by atoms with E-state index in [0.717, 1.165) is 35.5 Å². The van der Waals surface area contributed by atoms with E-state index >= 15 is 0 Å². The molecule has 0 saturated carbocycles. The SMILES string of the molecule is COc1c(CC2CCCNC2)cc(C(C)C)c(OC)c1Br. The molecule has 1 N–H and O–H groups in total. The largest absolute Gasteiger partial charge is 0.495 e. The predicted octanol–water partition coefficient (Wildman–Crippen LogP) is 4.13. The molecule has 1 aliphatic heterocycles. The molecule has 1 fully saturated rings. The van der Waals surface area contributed by atoms with Gasteiger partial charge < -0.3 is 14.8 Å². The first-order chi connectivity index (χ1) is 10.1. The lowest BCUT2D eigenvalue weighted by molar-refractivity contribution is 0.358. The van der Waals surface area contributed by atoms with Gasteiger partial charge >= 0.3 is 0 Å². The molecule has 0 spiro atoms. The van der Waals surface area contributed by atoms with Gasteiger partial charge in [0.1, 0.15) is 16.0 Å². The van der Waals surface area contributed by atoms with Crippen molar-refractivity contribution in [3.8, 4) is 11.5 Å². The topological polar surface area (TPSA) is 30.5 Å². The van der Waals surface area contributed by atoms with Crippen molar-refractivity contribution >= 4 is 15.9 Å². The summed E-state index contributed by atoms with van der Waals surface area (Å²) in [5, 5.41) is 3.49. The van der Waals surface area contributed by atoms with Crippen LogP contribution in [0, 0.1) is 5.92 Å². The second kappa shape index (κ2) is 7.50. The molecule has 0 aromatic heterocycles. The molecular weight excluding hydrogens is 330 g/mol. The zero-order valence-electron chi connectivity index (χ0n) is 13.5. The molecule has 0 radical (unpaired) electrons. The number of ether oxygens (including phenoxy) is 2. The lowest BCUT2D eigenvalue weighted by Crippen LogP contribution is -2.31. The number of hydrogen-bond donors (Lipinski definition) is 1. The van der Waals surface area contributed by atoms with E-state index in [-0.39, 0.29) is 0 Å². The van der Waals surface area contributed by atoms with Crippen LogP contribution in [0.3, 0.4) is 0 Å². The first-order valence-electron chi connectivity index (χ1n) is 7.72. The van der Waals surface area contributed by atoms with E-state index < -0.39 is 0 Å². The second-order valence-corrected chi connectivity index (χ2v) is 6.87. The highest BCUT2D eigenvalue weighted by Crippen LogP contribution is 2.43. The Hall–Kier alpha value is -0.740. The molecule has 1 unspecified atom stereocenters. The molecule has 1 heterocycles. The molecule has 4 heteroatoms. The van der Waals surface area contributed by atoms with Crippen molar-refractivity contribution in [3.63, 3.8) is 0 Å². The van der Waals surface area contributed by atoms with Crippen molar-refractivity contribution in [2.75, 3.05) is 27.3 Å². The summed E-state index contributed by atoms with van der Waals surface area (Å²) in [6.07, 6.45) is 3.61. The molecule has 0 bridgehead atoms. The molecule has 118 valence electrons. The maximum absolute atomic E-state index is 5.65. The third-order valence-electron chi connectivity index (χ3n) is 4.22. The third-order valence-corrected chi connectivity index (χ3v) is 4.94. The second-order valence-electron chi connectivity index (χ2n) is 6.08. The fourth-order valence-electron chi connectivity index (χ4n) is 3.11. The van der Waals surface area contributed by atoms with Crippen molar-refractivity contribution in [2.24, 2.45) is 5.92 Å². The first-order valence-corrected chi connectivity index (χ1v) is 8.51. The molecule has 1 aromatic rings. The molecule has 0 aliphatic carbocycles. The lowest BCUT2D eigenvalue weighted by Gasteiger charge is -2.25. The first kappa shape index (κ1) is 16.6. The Morgan fingerprint density at radius 3 is 2.52 bits per heavy atom. The van der Waals surface area contributed by atoms with Gasteiger partial charge in [-0.2, -0.15) is 0 Å². The lowest BCUT2D eigenvalue weighted by atomic mass is 9.89. The average molecular weight is 356 g/mol. The molecule has 1 saturated heterocycles. The number of piperidine rings is 1. The van der Waals surface area contributed by atoms with Crippen LogP contribution in [0.25, 0.3) is 0 Å². The molecule has 21 heavy (non-hydrogen) atoms. The van der Waals surface area contributed by atoms with E-state index in [1.807, 2.05) is 0 Å². The van der Waals surface area contributed by atoms with E-state index in [1.165, 1.54) is 24.0 Å². The van der Waals surface area contributed by atoms with Crippen LogP contribution in [0.5, 0.6) is 11.5 Å². The quantitative estimate of drug-likeness (QED) is 0.861. The summed E-state index contributed by atoms with van der Waals surface area (Å²) in [7, 11) is 3.45. The number of nitrogens with one attached hydrogen (secondary N) is 1. The monoisotopic (exact) mass is 355 g/mol. The molecule has 1 aromatic carbocycles. The highest BCUT2D eigenvalue weighted by atomic mass is 79.9. The zero-order chi connectivity index (χ0) is 15.4. The Morgan fingerprint density at radius 2 is 2.00 bits per heavy atom. The van der Waals surface area contributed by atoms with Crippen LogP contribution >= 0.6 is 15.9 Å². The molecule has 3 nitrogen and oxygen atoms in total. The van der Waals surface area contributed by atoms with Crippen LogP contribution in [0.2, 0.25) is 0 Å². The highest BCUT2D eigenvalue weighted by Gasteiger charge is 2.22. The number of rotatable bonds is 5. The Labute approximate surface area is 136 Å². The maximum Gasteiger partial charge on any atom is 0.140 e.